The molecule has 0 aliphatic heterocycles. The zero-order valence-corrected chi connectivity index (χ0v) is 11.0. The summed E-state index contributed by atoms with van der Waals surface area (Å²) in [6, 6.07) is 0. The maximum absolute atomic E-state index is 11.5. The van der Waals surface area contributed by atoms with Crippen LogP contribution in [0.4, 0.5) is 0 Å². The molecule has 0 heterocycles. The fraction of sp³-hybridized carbons (Fsp3) is 0.571. The summed E-state index contributed by atoms with van der Waals surface area (Å²) >= 11 is 0. The van der Waals surface area contributed by atoms with Crippen LogP contribution in [0.15, 0.2) is 24.3 Å². The molecule has 0 amide bonds. The SMILES string of the molecule is C=C(CCCOC(=O)C(=C)CCCCC)C(=O)O. The van der Waals surface area contributed by atoms with Crippen molar-refractivity contribution in [3.8, 4) is 0 Å². The summed E-state index contributed by atoms with van der Waals surface area (Å²) in [4.78, 5) is 21.9. The van der Waals surface area contributed by atoms with E-state index in [1.807, 2.05) is 0 Å². The van der Waals surface area contributed by atoms with Crippen LogP contribution in [0.3, 0.4) is 0 Å². The first kappa shape index (κ1) is 16.4. The lowest BCUT2D eigenvalue weighted by molar-refractivity contribution is -0.139. The largest absolute Gasteiger partial charge is 0.478 e. The number of ether oxygens (including phenoxy) is 1. The summed E-state index contributed by atoms with van der Waals surface area (Å²) in [7, 11) is 0. The predicted molar refractivity (Wildman–Crippen MR) is 70.3 cm³/mol. The Kier molecular flexibility index (Phi) is 8.62. The number of carboxylic acid groups (broad SMARTS) is 1. The van der Waals surface area contributed by atoms with Crippen molar-refractivity contribution in [2.24, 2.45) is 0 Å². The van der Waals surface area contributed by atoms with E-state index < -0.39 is 5.97 Å². The van der Waals surface area contributed by atoms with Crippen LogP contribution in [0.25, 0.3) is 0 Å². The molecule has 18 heavy (non-hydrogen) atoms. The average molecular weight is 254 g/mol. The van der Waals surface area contributed by atoms with Crippen LogP contribution < -0.4 is 0 Å². The van der Waals surface area contributed by atoms with Gasteiger partial charge in [0.1, 0.15) is 0 Å². The number of aliphatic carboxylic acids is 1. The van der Waals surface area contributed by atoms with E-state index in [4.69, 9.17) is 9.84 Å². The van der Waals surface area contributed by atoms with E-state index >= 15 is 0 Å². The number of hydrogen-bond donors (Lipinski definition) is 1. The zero-order chi connectivity index (χ0) is 14.0. The van der Waals surface area contributed by atoms with Gasteiger partial charge < -0.3 is 9.84 Å². The van der Waals surface area contributed by atoms with Crippen LogP contribution in [-0.4, -0.2) is 23.7 Å². The molecule has 4 nitrogen and oxygen atoms in total. The molecule has 0 radical (unpaired) electrons. The molecule has 0 rings (SSSR count). The fourth-order valence-electron chi connectivity index (χ4n) is 1.35. The molecule has 0 saturated carbocycles. The van der Waals surface area contributed by atoms with Crippen molar-refractivity contribution >= 4 is 11.9 Å². The minimum atomic E-state index is -1.01. The van der Waals surface area contributed by atoms with Gasteiger partial charge in [-0.25, -0.2) is 9.59 Å². The van der Waals surface area contributed by atoms with Crippen LogP contribution in [0, 0.1) is 0 Å². The fourth-order valence-corrected chi connectivity index (χ4v) is 1.35. The highest BCUT2D eigenvalue weighted by Crippen LogP contribution is 2.09. The van der Waals surface area contributed by atoms with E-state index in [0.717, 1.165) is 19.3 Å². The Hall–Kier alpha value is -1.58. The van der Waals surface area contributed by atoms with Gasteiger partial charge in [-0.2, -0.15) is 0 Å². The Morgan fingerprint density at radius 1 is 1.06 bits per heavy atom. The number of esters is 1. The van der Waals surface area contributed by atoms with Gasteiger partial charge in [-0.1, -0.05) is 32.9 Å². The maximum Gasteiger partial charge on any atom is 0.333 e. The summed E-state index contributed by atoms with van der Waals surface area (Å²) < 4.78 is 4.99. The lowest BCUT2D eigenvalue weighted by atomic mass is 10.1. The normalized spacial score (nSPS) is 9.83. The van der Waals surface area contributed by atoms with E-state index in [-0.39, 0.29) is 18.1 Å². The second-order valence-electron chi connectivity index (χ2n) is 4.21. The van der Waals surface area contributed by atoms with Crippen molar-refractivity contribution in [2.75, 3.05) is 6.61 Å². The zero-order valence-electron chi connectivity index (χ0n) is 11.0. The molecular weight excluding hydrogens is 232 g/mol. The summed E-state index contributed by atoms with van der Waals surface area (Å²) in [5.41, 5.74) is 0.619. The number of rotatable bonds is 10. The van der Waals surface area contributed by atoms with Crippen LogP contribution in [0.1, 0.15) is 45.4 Å². The van der Waals surface area contributed by atoms with Gasteiger partial charge in [-0.15, -0.1) is 0 Å². The smallest absolute Gasteiger partial charge is 0.333 e. The second-order valence-corrected chi connectivity index (χ2v) is 4.21. The average Bonchev–Trinajstić information content (AvgIpc) is 2.33. The molecule has 0 aromatic carbocycles. The molecule has 0 unspecified atom stereocenters. The highest BCUT2D eigenvalue weighted by atomic mass is 16.5. The van der Waals surface area contributed by atoms with Gasteiger partial charge in [-0.05, 0) is 25.7 Å². The molecule has 0 aliphatic carbocycles. The highest BCUT2D eigenvalue weighted by Gasteiger charge is 2.08. The number of carbonyl (C=O) groups excluding carboxylic acids is 1. The minimum absolute atomic E-state index is 0.132. The van der Waals surface area contributed by atoms with E-state index in [9.17, 15) is 9.59 Å². The Bertz CT molecular complexity index is 318. The van der Waals surface area contributed by atoms with Gasteiger partial charge in [0.25, 0.3) is 0 Å². The van der Waals surface area contributed by atoms with Crippen molar-refractivity contribution in [1.82, 2.24) is 0 Å². The first-order valence-electron chi connectivity index (χ1n) is 6.25. The monoisotopic (exact) mass is 254 g/mol. The third kappa shape index (κ3) is 7.65. The summed E-state index contributed by atoms with van der Waals surface area (Å²) in [6.45, 7) is 9.38. The topological polar surface area (TPSA) is 63.6 Å². The van der Waals surface area contributed by atoms with Crippen molar-refractivity contribution in [1.29, 1.82) is 0 Å². The molecule has 0 aromatic heterocycles. The Morgan fingerprint density at radius 3 is 2.22 bits per heavy atom. The summed E-state index contributed by atoms with van der Waals surface area (Å²) in [5.74, 6) is -1.39. The molecule has 0 bridgehead atoms. The van der Waals surface area contributed by atoms with Crippen LogP contribution >= 0.6 is 0 Å². The third-order valence-corrected chi connectivity index (χ3v) is 2.53. The van der Waals surface area contributed by atoms with E-state index in [2.05, 4.69) is 20.1 Å². The Morgan fingerprint density at radius 2 is 1.67 bits per heavy atom. The minimum Gasteiger partial charge on any atom is -0.478 e. The van der Waals surface area contributed by atoms with Gasteiger partial charge in [0.15, 0.2) is 0 Å². The molecule has 0 atom stereocenters. The first-order valence-corrected chi connectivity index (χ1v) is 6.25. The van der Waals surface area contributed by atoms with Crippen molar-refractivity contribution in [3.05, 3.63) is 24.3 Å². The molecule has 102 valence electrons. The number of hydrogen-bond acceptors (Lipinski definition) is 3. The molecule has 0 aromatic rings. The third-order valence-electron chi connectivity index (χ3n) is 2.53. The van der Waals surface area contributed by atoms with Gasteiger partial charge in [0.05, 0.1) is 6.61 Å². The Labute approximate surface area is 108 Å². The summed E-state index contributed by atoms with van der Waals surface area (Å²) in [6.07, 6.45) is 4.57. The second kappa shape index (κ2) is 9.45. The lowest BCUT2D eigenvalue weighted by Gasteiger charge is -2.06. The first-order chi connectivity index (χ1) is 8.49. The molecule has 1 N–H and O–H groups in total. The molecular formula is C14H22O4. The van der Waals surface area contributed by atoms with E-state index in [1.165, 1.54) is 0 Å². The maximum atomic E-state index is 11.5. The molecule has 4 heteroatoms. The van der Waals surface area contributed by atoms with Crippen molar-refractivity contribution in [3.63, 3.8) is 0 Å². The van der Waals surface area contributed by atoms with Crippen molar-refractivity contribution in [2.45, 2.75) is 45.4 Å². The quantitative estimate of drug-likeness (QED) is 0.369. The molecule has 0 spiro atoms. The predicted octanol–water partition coefficient (Wildman–Crippen LogP) is 3.09. The van der Waals surface area contributed by atoms with E-state index in [0.29, 0.717) is 24.8 Å². The number of carboxylic acids is 1. The molecule has 0 fully saturated rings. The Balaban J connectivity index is 3.67. The van der Waals surface area contributed by atoms with Crippen LogP contribution in [-0.2, 0) is 14.3 Å². The van der Waals surface area contributed by atoms with Gasteiger partial charge in [0.2, 0.25) is 0 Å². The molecule has 0 aliphatic rings. The van der Waals surface area contributed by atoms with Crippen LogP contribution in [0.2, 0.25) is 0 Å². The van der Waals surface area contributed by atoms with Crippen molar-refractivity contribution < 1.29 is 19.4 Å². The van der Waals surface area contributed by atoms with E-state index in [1.54, 1.807) is 0 Å². The van der Waals surface area contributed by atoms with Gasteiger partial charge in [0, 0.05) is 11.1 Å². The van der Waals surface area contributed by atoms with Gasteiger partial charge in [-0.3, -0.25) is 0 Å². The number of unbranched alkanes of at least 4 members (excludes halogenated alkanes) is 2. The standard InChI is InChI=1S/C14H22O4/c1-4-5-6-8-12(3)14(17)18-10-7-9-11(2)13(15)16/h2-10H2,1H3,(H,15,16). The van der Waals surface area contributed by atoms with Gasteiger partial charge >= 0.3 is 11.9 Å². The van der Waals surface area contributed by atoms with Crippen LogP contribution in [0.5, 0.6) is 0 Å². The molecule has 0 saturated heterocycles. The lowest BCUT2D eigenvalue weighted by Crippen LogP contribution is -2.09. The number of carbonyl (C=O) groups is 2. The highest BCUT2D eigenvalue weighted by molar-refractivity contribution is 5.87. The summed E-state index contributed by atoms with van der Waals surface area (Å²) in [5, 5.41) is 8.58.